The van der Waals surface area contributed by atoms with E-state index in [9.17, 15) is 25.5 Å². The first-order valence-electron chi connectivity index (χ1n) is 10.2. The first-order chi connectivity index (χ1) is 15.8. The summed E-state index contributed by atoms with van der Waals surface area (Å²) >= 11 is 6.36. The van der Waals surface area contributed by atoms with Crippen LogP contribution in [0.25, 0.3) is 0 Å². The number of ether oxygens (including phenoxy) is 2. The van der Waals surface area contributed by atoms with Gasteiger partial charge in [-0.15, -0.1) is 0 Å². The fourth-order valence-corrected chi connectivity index (χ4v) is 3.86. The molecule has 0 aliphatic carbocycles. The molecule has 5 N–H and O–H groups in total. The van der Waals surface area contributed by atoms with E-state index in [1.165, 1.54) is 24.5 Å². The number of halogens is 1. The maximum Gasteiger partial charge on any atom is 0.237 e. The van der Waals surface area contributed by atoms with Crippen LogP contribution in [0.3, 0.4) is 0 Å². The summed E-state index contributed by atoms with van der Waals surface area (Å²) in [4.78, 5) is 8.00. The van der Waals surface area contributed by atoms with Crippen LogP contribution in [-0.2, 0) is 16.9 Å². The summed E-state index contributed by atoms with van der Waals surface area (Å²) in [6.45, 7) is -0.656. The second-order valence-corrected chi connectivity index (χ2v) is 8.14. The van der Waals surface area contributed by atoms with Crippen LogP contribution in [0, 0.1) is 0 Å². The van der Waals surface area contributed by atoms with Gasteiger partial charge in [0.1, 0.15) is 30.2 Å². The largest absolute Gasteiger partial charge is 0.438 e. The quantitative estimate of drug-likeness (QED) is 0.355. The molecule has 4 rings (SSSR count). The Hall–Kier alpha value is -2.63. The van der Waals surface area contributed by atoms with Crippen LogP contribution < -0.4 is 4.74 Å². The summed E-state index contributed by atoms with van der Waals surface area (Å²) < 4.78 is 11.0. The van der Waals surface area contributed by atoms with E-state index in [1.54, 1.807) is 24.4 Å². The van der Waals surface area contributed by atoms with E-state index < -0.39 is 36.8 Å². The highest BCUT2D eigenvalue weighted by atomic mass is 35.5. The summed E-state index contributed by atoms with van der Waals surface area (Å²) in [5, 5.41) is 51.4. The van der Waals surface area contributed by atoms with Gasteiger partial charge in [0.15, 0.2) is 0 Å². The fraction of sp³-hybridized carbons (Fsp3) is 0.304. The number of aromatic nitrogens is 2. The van der Waals surface area contributed by atoms with E-state index in [1.807, 2.05) is 12.1 Å². The molecule has 2 aromatic carbocycles. The molecule has 5 atom stereocenters. The van der Waals surface area contributed by atoms with Crippen molar-refractivity contribution < 1.29 is 35.0 Å². The molecule has 0 radical (unpaired) electrons. The van der Waals surface area contributed by atoms with Crippen molar-refractivity contribution in [1.29, 1.82) is 0 Å². The maximum atomic E-state index is 11.0. The molecule has 1 aliphatic heterocycles. The lowest BCUT2D eigenvalue weighted by Gasteiger charge is -2.45. The van der Waals surface area contributed by atoms with E-state index in [-0.39, 0.29) is 5.56 Å². The summed E-state index contributed by atoms with van der Waals surface area (Å²) in [5.74, 6) is -1.40. The average molecular weight is 475 g/mol. The van der Waals surface area contributed by atoms with Gasteiger partial charge in [0.2, 0.25) is 11.7 Å². The SMILES string of the molecule is OC[C@H]1O[C@@](O)(c2ccc(Cl)c(Cc3ccc(Oc4cnccn4)cc3)c2)[C@H](O)[C@@H](O)[C@@H]1O. The first kappa shape index (κ1) is 23.5. The molecule has 174 valence electrons. The third kappa shape index (κ3) is 4.85. The molecule has 0 bridgehead atoms. The van der Waals surface area contributed by atoms with Crippen LogP contribution in [0.2, 0.25) is 5.02 Å². The van der Waals surface area contributed by atoms with E-state index in [2.05, 4.69) is 9.97 Å². The number of hydrogen-bond donors (Lipinski definition) is 5. The van der Waals surface area contributed by atoms with Gasteiger partial charge in [0.25, 0.3) is 0 Å². The molecule has 1 aliphatic rings. The van der Waals surface area contributed by atoms with Gasteiger partial charge in [-0.3, -0.25) is 4.98 Å². The fourth-order valence-electron chi connectivity index (χ4n) is 3.68. The minimum atomic E-state index is -2.35. The molecule has 0 unspecified atom stereocenters. The van der Waals surface area contributed by atoms with E-state index in [4.69, 9.17) is 21.1 Å². The zero-order valence-corrected chi connectivity index (χ0v) is 18.1. The molecule has 0 saturated carbocycles. The van der Waals surface area contributed by atoms with Crippen molar-refractivity contribution in [2.24, 2.45) is 0 Å². The number of rotatable bonds is 6. The molecule has 2 heterocycles. The Bertz CT molecular complexity index is 1080. The summed E-state index contributed by atoms with van der Waals surface area (Å²) in [7, 11) is 0. The van der Waals surface area contributed by atoms with Gasteiger partial charge in [-0.2, -0.15) is 0 Å². The van der Waals surface area contributed by atoms with Gasteiger partial charge < -0.3 is 35.0 Å². The lowest BCUT2D eigenvalue weighted by atomic mass is 9.87. The predicted molar refractivity (Wildman–Crippen MR) is 117 cm³/mol. The Morgan fingerprint density at radius 3 is 2.45 bits per heavy atom. The van der Waals surface area contributed by atoms with Gasteiger partial charge in [-0.1, -0.05) is 29.8 Å². The van der Waals surface area contributed by atoms with Gasteiger partial charge in [-0.25, -0.2) is 4.98 Å². The van der Waals surface area contributed by atoms with Crippen LogP contribution in [0.5, 0.6) is 11.6 Å². The molecule has 9 nitrogen and oxygen atoms in total. The van der Waals surface area contributed by atoms with Crippen LogP contribution in [0.15, 0.2) is 61.1 Å². The van der Waals surface area contributed by atoms with Gasteiger partial charge in [0.05, 0.1) is 12.8 Å². The maximum absolute atomic E-state index is 11.0. The van der Waals surface area contributed by atoms with Gasteiger partial charge >= 0.3 is 0 Å². The number of benzene rings is 2. The van der Waals surface area contributed by atoms with Crippen molar-refractivity contribution in [3.8, 4) is 11.6 Å². The number of nitrogens with zero attached hydrogens (tertiary/aromatic N) is 2. The molecule has 3 aromatic rings. The summed E-state index contributed by atoms with van der Waals surface area (Å²) in [6.07, 6.45) is -1.43. The lowest BCUT2D eigenvalue weighted by Crippen LogP contribution is -2.63. The number of aliphatic hydroxyl groups excluding tert-OH is 4. The van der Waals surface area contributed by atoms with E-state index in [0.717, 1.165) is 5.56 Å². The Kier molecular flexibility index (Phi) is 6.91. The number of aliphatic hydroxyl groups is 5. The zero-order valence-electron chi connectivity index (χ0n) is 17.3. The van der Waals surface area contributed by atoms with Gasteiger partial charge in [0, 0.05) is 23.0 Å². The Labute approximate surface area is 194 Å². The number of hydrogen-bond acceptors (Lipinski definition) is 9. The highest BCUT2D eigenvalue weighted by Crippen LogP contribution is 2.38. The van der Waals surface area contributed by atoms with Crippen LogP contribution in [0.4, 0.5) is 0 Å². The third-order valence-corrected chi connectivity index (χ3v) is 5.87. The van der Waals surface area contributed by atoms with Crippen LogP contribution >= 0.6 is 11.6 Å². The Balaban J connectivity index is 1.55. The van der Waals surface area contributed by atoms with Crippen molar-refractivity contribution in [3.63, 3.8) is 0 Å². The zero-order chi connectivity index (χ0) is 23.6. The molecular formula is C23H23ClN2O7. The topological polar surface area (TPSA) is 145 Å². The Morgan fingerprint density at radius 2 is 1.79 bits per heavy atom. The smallest absolute Gasteiger partial charge is 0.237 e. The lowest BCUT2D eigenvalue weighted by molar-refractivity contribution is -0.357. The average Bonchev–Trinajstić information content (AvgIpc) is 2.83. The van der Waals surface area contributed by atoms with Crippen molar-refractivity contribution in [3.05, 3.63) is 82.8 Å². The molecule has 1 fully saturated rings. The van der Waals surface area contributed by atoms with E-state index in [0.29, 0.717) is 28.6 Å². The van der Waals surface area contributed by atoms with Crippen molar-refractivity contribution >= 4 is 11.6 Å². The Morgan fingerprint density at radius 1 is 1.03 bits per heavy atom. The van der Waals surface area contributed by atoms with E-state index >= 15 is 0 Å². The first-order valence-corrected chi connectivity index (χ1v) is 10.6. The third-order valence-electron chi connectivity index (χ3n) is 5.51. The second-order valence-electron chi connectivity index (χ2n) is 7.73. The minimum Gasteiger partial charge on any atom is -0.438 e. The highest BCUT2D eigenvalue weighted by Gasteiger charge is 2.53. The van der Waals surface area contributed by atoms with Crippen molar-refractivity contribution in [2.45, 2.75) is 36.6 Å². The molecule has 0 amide bonds. The molecule has 0 spiro atoms. The molecular weight excluding hydrogens is 452 g/mol. The molecule has 10 heteroatoms. The summed E-state index contributed by atoms with van der Waals surface area (Å²) in [6, 6.07) is 11.8. The second kappa shape index (κ2) is 9.70. The normalized spacial score (nSPS) is 27.3. The molecule has 33 heavy (non-hydrogen) atoms. The minimum absolute atomic E-state index is 0.126. The molecule has 1 saturated heterocycles. The molecule has 1 aromatic heterocycles. The van der Waals surface area contributed by atoms with Gasteiger partial charge in [-0.05, 0) is 41.8 Å². The standard InChI is InChI=1S/C23H23ClN2O7/c24-17-6-3-15(23(31)22(30)21(29)20(28)18(12-27)33-23)10-14(17)9-13-1-4-16(5-2-13)32-19-11-25-7-8-26-19/h1-8,10-11,18,20-22,27-31H,9,12H2/t18-,20-,21+,22-,23+/m1/s1. The monoisotopic (exact) mass is 474 g/mol. The predicted octanol–water partition coefficient (Wildman–Crippen LogP) is 1.13. The van der Waals surface area contributed by atoms with Crippen LogP contribution in [0.1, 0.15) is 16.7 Å². The summed E-state index contributed by atoms with van der Waals surface area (Å²) in [5.41, 5.74) is 1.64. The van der Waals surface area contributed by atoms with Crippen LogP contribution in [-0.4, -0.2) is 66.5 Å². The van der Waals surface area contributed by atoms with Crippen molar-refractivity contribution in [2.75, 3.05) is 6.61 Å². The highest BCUT2D eigenvalue weighted by molar-refractivity contribution is 6.31. The van der Waals surface area contributed by atoms with Crippen molar-refractivity contribution in [1.82, 2.24) is 9.97 Å².